The Hall–Kier alpha value is -1.85. The number of nitrogens with zero attached hydrogens (tertiary/aromatic N) is 2. The summed E-state index contributed by atoms with van der Waals surface area (Å²) in [7, 11) is -3.42. The van der Waals surface area contributed by atoms with E-state index in [4.69, 9.17) is 0 Å². The summed E-state index contributed by atoms with van der Waals surface area (Å²) in [6.07, 6.45) is 1.03. The van der Waals surface area contributed by atoms with E-state index in [9.17, 15) is 8.42 Å². The molecule has 2 aromatic rings. The van der Waals surface area contributed by atoms with Crippen molar-refractivity contribution >= 4 is 15.7 Å². The maximum atomic E-state index is 13.0. The maximum Gasteiger partial charge on any atom is 0.243 e. The molecule has 1 aliphatic heterocycles. The van der Waals surface area contributed by atoms with Gasteiger partial charge >= 0.3 is 0 Å². The van der Waals surface area contributed by atoms with Gasteiger partial charge in [-0.1, -0.05) is 36.8 Å². The first-order valence-corrected chi connectivity index (χ1v) is 10.3. The van der Waals surface area contributed by atoms with Crippen LogP contribution >= 0.6 is 0 Å². The fraction of sp³-hybridized carbons (Fsp3) is 0.400. The highest BCUT2D eigenvalue weighted by Gasteiger charge is 2.29. The van der Waals surface area contributed by atoms with Crippen molar-refractivity contribution < 1.29 is 8.42 Å². The quantitative estimate of drug-likeness (QED) is 0.841. The molecule has 4 nitrogen and oxygen atoms in total. The summed E-state index contributed by atoms with van der Waals surface area (Å²) in [5.41, 5.74) is 4.38. The molecule has 5 heteroatoms. The van der Waals surface area contributed by atoms with Crippen LogP contribution in [0.5, 0.6) is 0 Å². The van der Waals surface area contributed by atoms with Gasteiger partial charge in [-0.2, -0.15) is 4.31 Å². The van der Waals surface area contributed by atoms with Crippen molar-refractivity contribution in [3.05, 3.63) is 59.2 Å². The monoisotopic (exact) mass is 358 g/mol. The van der Waals surface area contributed by atoms with Crippen LogP contribution in [0.25, 0.3) is 0 Å². The van der Waals surface area contributed by atoms with Crippen LogP contribution < -0.4 is 4.90 Å². The summed E-state index contributed by atoms with van der Waals surface area (Å²) >= 11 is 0. The van der Waals surface area contributed by atoms with Crippen molar-refractivity contribution in [2.24, 2.45) is 0 Å². The van der Waals surface area contributed by atoms with Gasteiger partial charge in [0.15, 0.2) is 0 Å². The van der Waals surface area contributed by atoms with Gasteiger partial charge in [-0.3, -0.25) is 0 Å². The van der Waals surface area contributed by atoms with Crippen LogP contribution in [-0.2, 0) is 16.4 Å². The van der Waals surface area contributed by atoms with Crippen molar-refractivity contribution in [1.82, 2.24) is 4.31 Å². The molecule has 0 radical (unpaired) electrons. The molecule has 0 amide bonds. The summed E-state index contributed by atoms with van der Waals surface area (Å²) in [6.45, 7) is 8.46. The normalized spacial score (nSPS) is 16.2. The Kier molecular flexibility index (Phi) is 5.16. The number of benzene rings is 2. The number of anilines is 1. The van der Waals surface area contributed by atoms with Gasteiger partial charge in [0.25, 0.3) is 0 Å². The molecule has 1 saturated heterocycles. The van der Waals surface area contributed by atoms with Crippen LogP contribution in [0.15, 0.2) is 47.4 Å². The number of piperazine rings is 1. The largest absolute Gasteiger partial charge is 0.369 e. The molecule has 1 heterocycles. The van der Waals surface area contributed by atoms with E-state index >= 15 is 0 Å². The molecule has 134 valence electrons. The minimum absolute atomic E-state index is 0.429. The number of sulfonamides is 1. The second-order valence-corrected chi connectivity index (χ2v) is 8.59. The second kappa shape index (κ2) is 7.18. The van der Waals surface area contributed by atoms with E-state index in [1.54, 1.807) is 10.4 Å². The van der Waals surface area contributed by atoms with Crippen LogP contribution in [0.4, 0.5) is 5.69 Å². The van der Waals surface area contributed by atoms with Gasteiger partial charge in [0.1, 0.15) is 0 Å². The highest BCUT2D eigenvalue weighted by molar-refractivity contribution is 7.89. The lowest BCUT2D eigenvalue weighted by atomic mass is 10.1. The summed E-state index contributed by atoms with van der Waals surface area (Å²) < 4.78 is 27.5. The summed E-state index contributed by atoms with van der Waals surface area (Å²) in [5, 5.41) is 0. The first-order valence-electron chi connectivity index (χ1n) is 8.83. The average Bonchev–Trinajstić information content (AvgIpc) is 2.61. The SMILES string of the molecule is CCc1ccc(N2CCN(S(=O)(=O)c3ccc(C)cc3C)CC2)cc1. The third kappa shape index (κ3) is 3.72. The number of rotatable bonds is 4. The first-order chi connectivity index (χ1) is 11.9. The van der Waals surface area contributed by atoms with Crippen molar-refractivity contribution in [2.75, 3.05) is 31.1 Å². The molecular weight excluding hydrogens is 332 g/mol. The van der Waals surface area contributed by atoms with E-state index in [-0.39, 0.29) is 0 Å². The standard InChI is InChI=1S/C20H26N2O2S/c1-4-18-6-8-19(9-7-18)21-11-13-22(14-12-21)25(23,24)20-10-5-16(2)15-17(20)3/h5-10,15H,4,11-14H2,1-3H3. The molecule has 25 heavy (non-hydrogen) atoms. The number of hydrogen-bond acceptors (Lipinski definition) is 3. The average molecular weight is 359 g/mol. The van der Waals surface area contributed by atoms with Gasteiger partial charge in [0.2, 0.25) is 10.0 Å². The summed E-state index contributed by atoms with van der Waals surface area (Å²) in [4.78, 5) is 2.69. The molecule has 0 N–H and O–H groups in total. The molecule has 0 aliphatic carbocycles. The lowest BCUT2D eigenvalue weighted by molar-refractivity contribution is 0.384. The van der Waals surface area contributed by atoms with Crippen LogP contribution in [0, 0.1) is 13.8 Å². The van der Waals surface area contributed by atoms with E-state index in [0.717, 1.165) is 30.6 Å². The van der Waals surface area contributed by atoms with E-state index in [1.807, 2.05) is 26.0 Å². The molecule has 0 saturated carbocycles. The van der Waals surface area contributed by atoms with Gasteiger partial charge in [0.05, 0.1) is 4.90 Å². The molecule has 1 aliphatic rings. The lowest BCUT2D eigenvalue weighted by Gasteiger charge is -2.35. The van der Waals surface area contributed by atoms with Gasteiger partial charge in [-0.15, -0.1) is 0 Å². The predicted octanol–water partition coefficient (Wildman–Crippen LogP) is 3.38. The predicted molar refractivity (Wildman–Crippen MR) is 103 cm³/mol. The fourth-order valence-corrected chi connectivity index (χ4v) is 4.98. The van der Waals surface area contributed by atoms with Gasteiger partial charge in [0, 0.05) is 31.9 Å². The molecule has 0 spiro atoms. The summed E-state index contributed by atoms with van der Waals surface area (Å²) in [6, 6.07) is 14.1. The van der Waals surface area contributed by atoms with E-state index in [1.165, 1.54) is 11.3 Å². The smallest absolute Gasteiger partial charge is 0.243 e. The van der Waals surface area contributed by atoms with Gasteiger partial charge < -0.3 is 4.90 Å². The fourth-order valence-electron chi connectivity index (χ4n) is 3.36. The van der Waals surface area contributed by atoms with Crippen molar-refractivity contribution in [3.8, 4) is 0 Å². The van der Waals surface area contributed by atoms with Crippen LogP contribution in [0.2, 0.25) is 0 Å². The van der Waals surface area contributed by atoms with Gasteiger partial charge in [-0.25, -0.2) is 8.42 Å². The topological polar surface area (TPSA) is 40.6 Å². The first kappa shape index (κ1) is 18.0. The Balaban J connectivity index is 1.72. The molecule has 0 aromatic heterocycles. The van der Waals surface area contributed by atoms with Gasteiger partial charge in [-0.05, 0) is 49.6 Å². The second-order valence-electron chi connectivity index (χ2n) is 6.68. The van der Waals surface area contributed by atoms with Crippen LogP contribution in [-0.4, -0.2) is 38.9 Å². The zero-order chi connectivity index (χ0) is 18.0. The van der Waals surface area contributed by atoms with Crippen LogP contribution in [0.3, 0.4) is 0 Å². The highest BCUT2D eigenvalue weighted by atomic mass is 32.2. The highest BCUT2D eigenvalue weighted by Crippen LogP contribution is 2.24. The molecule has 0 unspecified atom stereocenters. The maximum absolute atomic E-state index is 13.0. The van der Waals surface area contributed by atoms with Crippen molar-refractivity contribution in [1.29, 1.82) is 0 Å². The van der Waals surface area contributed by atoms with E-state index in [0.29, 0.717) is 18.0 Å². The minimum Gasteiger partial charge on any atom is -0.369 e. The number of hydrogen-bond donors (Lipinski definition) is 0. The number of aryl methyl sites for hydroxylation is 3. The molecule has 3 rings (SSSR count). The Morgan fingerprint density at radius 3 is 2.12 bits per heavy atom. The Bertz CT molecular complexity index is 836. The Morgan fingerprint density at radius 2 is 1.56 bits per heavy atom. The third-order valence-corrected chi connectivity index (χ3v) is 6.96. The Labute approximate surface area is 151 Å². The molecule has 2 aromatic carbocycles. The van der Waals surface area contributed by atoms with Crippen molar-refractivity contribution in [2.45, 2.75) is 32.1 Å². The van der Waals surface area contributed by atoms with E-state index < -0.39 is 10.0 Å². The lowest BCUT2D eigenvalue weighted by Crippen LogP contribution is -2.48. The molecule has 1 fully saturated rings. The summed E-state index contributed by atoms with van der Waals surface area (Å²) in [5.74, 6) is 0. The Morgan fingerprint density at radius 1 is 0.920 bits per heavy atom. The van der Waals surface area contributed by atoms with Crippen molar-refractivity contribution in [3.63, 3.8) is 0 Å². The third-order valence-electron chi connectivity index (χ3n) is 4.90. The molecular formula is C20H26N2O2S. The van der Waals surface area contributed by atoms with Crippen LogP contribution in [0.1, 0.15) is 23.6 Å². The van der Waals surface area contributed by atoms with E-state index in [2.05, 4.69) is 36.1 Å². The zero-order valence-electron chi connectivity index (χ0n) is 15.2. The minimum atomic E-state index is -3.42. The molecule has 0 bridgehead atoms. The molecule has 0 atom stereocenters. The zero-order valence-corrected chi connectivity index (χ0v) is 16.0.